The molecule has 0 unspecified atom stereocenters. The molecule has 0 saturated heterocycles. The van der Waals surface area contributed by atoms with Gasteiger partial charge in [0.05, 0.1) is 25.3 Å². The molecular formula is C18H22N2O5S. The Morgan fingerprint density at radius 2 is 1.92 bits per heavy atom. The Labute approximate surface area is 157 Å². The molecule has 0 bridgehead atoms. The van der Waals surface area contributed by atoms with Crippen LogP contribution in [0.15, 0.2) is 35.5 Å². The fourth-order valence-electron chi connectivity index (χ4n) is 2.58. The molecule has 2 rings (SSSR count). The average Bonchev–Trinajstić information content (AvgIpc) is 2.61. The molecule has 0 saturated carbocycles. The van der Waals surface area contributed by atoms with Crippen molar-refractivity contribution in [3.63, 3.8) is 0 Å². The zero-order valence-electron chi connectivity index (χ0n) is 15.1. The van der Waals surface area contributed by atoms with E-state index in [-0.39, 0.29) is 0 Å². The Balaban J connectivity index is 2.20. The molecule has 1 aliphatic heterocycles. The lowest BCUT2D eigenvalue weighted by Crippen LogP contribution is -2.45. The van der Waals surface area contributed by atoms with Gasteiger partial charge in [-0.2, -0.15) is 0 Å². The van der Waals surface area contributed by atoms with E-state index in [4.69, 9.17) is 26.4 Å². The highest BCUT2D eigenvalue weighted by Gasteiger charge is 2.30. The summed E-state index contributed by atoms with van der Waals surface area (Å²) in [4.78, 5) is 23.8. The molecule has 0 fully saturated rings. The highest BCUT2D eigenvalue weighted by atomic mass is 32.1. The van der Waals surface area contributed by atoms with Gasteiger partial charge in [0.1, 0.15) is 5.75 Å². The van der Waals surface area contributed by atoms with Crippen LogP contribution in [-0.2, 0) is 19.1 Å². The van der Waals surface area contributed by atoms with E-state index in [1.54, 1.807) is 45.0 Å². The van der Waals surface area contributed by atoms with E-state index in [9.17, 15) is 9.59 Å². The first-order chi connectivity index (χ1) is 12.4. The van der Waals surface area contributed by atoms with E-state index in [1.165, 1.54) is 7.11 Å². The van der Waals surface area contributed by atoms with Crippen molar-refractivity contribution in [1.29, 1.82) is 0 Å². The lowest BCUT2D eigenvalue weighted by Gasteiger charge is -2.29. The summed E-state index contributed by atoms with van der Waals surface area (Å²) in [7, 11) is 1.33. The molecule has 0 aliphatic carbocycles. The molecule has 7 nitrogen and oxygen atoms in total. The first-order valence-electron chi connectivity index (χ1n) is 8.17. The van der Waals surface area contributed by atoms with Gasteiger partial charge in [0.2, 0.25) is 0 Å². The SMILES string of the molecule is CCOC(=O)[C@H](C)Oc1ccc([C@@H]2NC(=S)NC(C)=C2C(=O)OC)cc1. The van der Waals surface area contributed by atoms with Crippen LogP contribution >= 0.6 is 12.2 Å². The van der Waals surface area contributed by atoms with Crippen LogP contribution in [-0.4, -0.2) is 36.9 Å². The van der Waals surface area contributed by atoms with Gasteiger partial charge in [0.15, 0.2) is 11.2 Å². The summed E-state index contributed by atoms with van der Waals surface area (Å²) < 4.78 is 15.4. The molecular weight excluding hydrogens is 356 g/mol. The molecule has 0 radical (unpaired) electrons. The first-order valence-corrected chi connectivity index (χ1v) is 8.58. The first kappa shape index (κ1) is 19.7. The van der Waals surface area contributed by atoms with Gasteiger partial charge >= 0.3 is 11.9 Å². The molecule has 1 heterocycles. The maximum atomic E-state index is 12.1. The lowest BCUT2D eigenvalue weighted by molar-refractivity contribution is -0.150. The van der Waals surface area contributed by atoms with Gasteiger partial charge in [-0.3, -0.25) is 0 Å². The minimum absolute atomic E-state index is 0.300. The van der Waals surface area contributed by atoms with Crippen LogP contribution in [0.1, 0.15) is 32.4 Å². The highest BCUT2D eigenvalue weighted by Crippen LogP contribution is 2.29. The highest BCUT2D eigenvalue weighted by molar-refractivity contribution is 7.80. The van der Waals surface area contributed by atoms with Gasteiger partial charge in [-0.05, 0) is 50.7 Å². The number of esters is 2. The summed E-state index contributed by atoms with van der Waals surface area (Å²) in [6.07, 6.45) is -0.710. The van der Waals surface area contributed by atoms with Crippen LogP contribution in [0.5, 0.6) is 5.75 Å². The number of carbonyl (C=O) groups excluding carboxylic acids is 2. The van der Waals surface area contributed by atoms with Crippen molar-refractivity contribution in [3.05, 3.63) is 41.1 Å². The van der Waals surface area contributed by atoms with E-state index in [1.807, 2.05) is 0 Å². The summed E-state index contributed by atoms with van der Waals surface area (Å²) in [6.45, 7) is 5.43. The second kappa shape index (κ2) is 8.66. The van der Waals surface area contributed by atoms with Crippen LogP contribution in [0, 0.1) is 0 Å². The molecule has 26 heavy (non-hydrogen) atoms. The Hall–Kier alpha value is -2.61. The fourth-order valence-corrected chi connectivity index (χ4v) is 2.85. The largest absolute Gasteiger partial charge is 0.479 e. The minimum atomic E-state index is -0.710. The van der Waals surface area contributed by atoms with Crippen LogP contribution < -0.4 is 15.4 Å². The van der Waals surface area contributed by atoms with E-state index < -0.39 is 24.1 Å². The van der Waals surface area contributed by atoms with Gasteiger partial charge < -0.3 is 24.8 Å². The van der Waals surface area contributed by atoms with Crippen molar-refractivity contribution in [2.45, 2.75) is 32.9 Å². The molecule has 1 aliphatic rings. The number of benzene rings is 1. The zero-order valence-corrected chi connectivity index (χ0v) is 15.9. The van der Waals surface area contributed by atoms with E-state index in [2.05, 4.69) is 10.6 Å². The van der Waals surface area contributed by atoms with Crippen molar-refractivity contribution < 1.29 is 23.8 Å². The van der Waals surface area contributed by atoms with Gasteiger partial charge in [-0.15, -0.1) is 0 Å². The molecule has 140 valence electrons. The van der Waals surface area contributed by atoms with E-state index in [0.717, 1.165) is 5.56 Å². The minimum Gasteiger partial charge on any atom is -0.479 e. The Morgan fingerprint density at radius 1 is 1.27 bits per heavy atom. The molecule has 1 aromatic rings. The van der Waals surface area contributed by atoms with Gasteiger partial charge in [0.25, 0.3) is 0 Å². The third-order valence-electron chi connectivity index (χ3n) is 3.82. The average molecular weight is 378 g/mol. The number of methoxy groups -OCH3 is 1. The molecule has 2 atom stereocenters. The van der Waals surface area contributed by atoms with E-state index >= 15 is 0 Å². The van der Waals surface area contributed by atoms with Crippen molar-refractivity contribution in [2.24, 2.45) is 0 Å². The molecule has 1 aromatic carbocycles. The number of ether oxygens (including phenoxy) is 3. The summed E-state index contributed by atoms with van der Waals surface area (Å²) >= 11 is 5.19. The zero-order chi connectivity index (χ0) is 19.3. The molecule has 0 spiro atoms. The maximum absolute atomic E-state index is 12.1. The predicted molar refractivity (Wildman–Crippen MR) is 99.5 cm³/mol. The van der Waals surface area contributed by atoms with Crippen molar-refractivity contribution in [1.82, 2.24) is 10.6 Å². The topological polar surface area (TPSA) is 85.9 Å². The number of rotatable bonds is 6. The second-order valence-electron chi connectivity index (χ2n) is 5.64. The van der Waals surface area contributed by atoms with Crippen LogP contribution in [0.25, 0.3) is 0 Å². The maximum Gasteiger partial charge on any atom is 0.347 e. The smallest absolute Gasteiger partial charge is 0.347 e. The molecule has 0 amide bonds. The predicted octanol–water partition coefficient (Wildman–Crippen LogP) is 1.98. The quantitative estimate of drug-likeness (QED) is 0.574. The van der Waals surface area contributed by atoms with E-state index in [0.29, 0.717) is 28.7 Å². The van der Waals surface area contributed by atoms with Crippen molar-refractivity contribution in [3.8, 4) is 5.75 Å². The number of allylic oxidation sites excluding steroid dienone is 1. The number of nitrogens with one attached hydrogen (secondary N) is 2. The summed E-state index contributed by atoms with van der Waals surface area (Å²) in [6, 6.07) is 6.61. The Bertz CT molecular complexity index is 730. The number of hydrogen-bond acceptors (Lipinski definition) is 6. The molecule has 2 N–H and O–H groups in total. The third kappa shape index (κ3) is 4.51. The molecule has 0 aromatic heterocycles. The van der Waals surface area contributed by atoms with Crippen LogP contribution in [0.4, 0.5) is 0 Å². The summed E-state index contributed by atoms with van der Waals surface area (Å²) in [5, 5.41) is 6.43. The normalized spacial score (nSPS) is 17.7. The third-order valence-corrected chi connectivity index (χ3v) is 4.04. The van der Waals surface area contributed by atoms with Crippen molar-refractivity contribution >= 4 is 29.3 Å². The standard InChI is InChI=1S/C18H22N2O5S/c1-5-24-16(21)11(3)25-13-8-6-12(7-9-13)15-14(17(22)23-4)10(2)19-18(26)20-15/h6-9,11,15H,5H2,1-4H3,(H2,19,20,26)/t11-,15-/m0/s1. The van der Waals surface area contributed by atoms with Gasteiger partial charge in [-0.25, -0.2) is 9.59 Å². The number of hydrogen-bond donors (Lipinski definition) is 2. The van der Waals surface area contributed by atoms with Gasteiger partial charge in [0, 0.05) is 5.70 Å². The van der Waals surface area contributed by atoms with Crippen LogP contribution in [0.3, 0.4) is 0 Å². The van der Waals surface area contributed by atoms with Crippen molar-refractivity contribution in [2.75, 3.05) is 13.7 Å². The summed E-state index contributed by atoms with van der Waals surface area (Å²) in [5.74, 6) is -0.342. The van der Waals surface area contributed by atoms with Crippen LogP contribution in [0.2, 0.25) is 0 Å². The summed E-state index contributed by atoms with van der Waals surface area (Å²) in [5.41, 5.74) is 1.90. The second-order valence-corrected chi connectivity index (χ2v) is 6.05. The monoisotopic (exact) mass is 378 g/mol. The number of carbonyl (C=O) groups is 2. The van der Waals surface area contributed by atoms with Gasteiger partial charge in [-0.1, -0.05) is 12.1 Å². The lowest BCUT2D eigenvalue weighted by atomic mass is 9.95. The number of thiocarbonyl (C=S) groups is 1. The fraction of sp³-hybridized carbons (Fsp3) is 0.389. The Morgan fingerprint density at radius 3 is 2.50 bits per heavy atom. The molecule has 8 heteroatoms. The Kier molecular flexibility index (Phi) is 6.57.